The van der Waals surface area contributed by atoms with Crippen molar-refractivity contribution in [2.45, 2.75) is 18.6 Å². The highest BCUT2D eigenvalue weighted by Crippen LogP contribution is 2.20. The summed E-state index contributed by atoms with van der Waals surface area (Å²) in [6.45, 7) is 2.27. The van der Waals surface area contributed by atoms with E-state index in [9.17, 15) is 14.0 Å². The molecular formula is C12H14FN5O2S. The van der Waals surface area contributed by atoms with Gasteiger partial charge in [0, 0.05) is 6.54 Å². The van der Waals surface area contributed by atoms with Gasteiger partial charge in [-0.1, -0.05) is 11.8 Å². The lowest BCUT2D eigenvalue weighted by Gasteiger charge is -2.08. The van der Waals surface area contributed by atoms with Crippen molar-refractivity contribution in [2.24, 2.45) is 0 Å². The lowest BCUT2D eigenvalue weighted by atomic mass is 10.2. The van der Waals surface area contributed by atoms with E-state index in [0.29, 0.717) is 17.4 Å². The minimum atomic E-state index is -0.469. The molecule has 0 unspecified atom stereocenters. The summed E-state index contributed by atoms with van der Waals surface area (Å²) in [6.07, 6.45) is 0. The molecule has 112 valence electrons. The number of nitrogen functional groups attached to an aromatic ring is 1. The van der Waals surface area contributed by atoms with Crippen LogP contribution in [-0.2, 0) is 11.3 Å². The zero-order valence-electron chi connectivity index (χ0n) is 11.2. The molecule has 0 radical (unpaired) electrons. The highest BCUT2D eigenvalue weighted by Gasteiger charge is 2.11. The topological polar surface area (TPSA) is 106 Å². The van der Waals surface area contributed by atoms with E-state index in [0.717, 1.165) is 17.8 Å². The zero-order chi connectivity index (χ0) is 15.4. The smallest absolute Gasteiger partial charge is 0.343 e. The second-order valence-electron chi connectivity index (χ2n) is 4.12. The Morgan fingerprint density at radius 3 is 3.00 bits per heavy atom. The first-order valence-corrected chi connectivity index (χ1v) is 7.12. The number of halogens is 1. The molecule has 2 rings (SSSR count). The van der Waals surface area contributed by atoms with Crippen LogP contribution in [0.4, 0.5) is 15.8 Å². The molecule has 7 nitrogen and oxygen atoms in total. The third kappa shape index (κ3) is 3.63. The Morgan fingerprint density at radius 1 is 1.57 bits per heavy atom. The van der Waals surface area contributed by atoms with Gasteiger partial charge in [-0.05, 0) is 25.1 Å². The molecule has 0 saturated heterocycles. The highest BCUT2D eigenvalue weighted by atomic mass is 32.2. The molecule has 0 fully saturated rings. The Morgan fingerprint density at radius 2 is 2.33 bits per heavy atom. The summed E-state index contributed by atoms with van der Waals surface area (Å²) < 4.78 is 14.3. The molecule has 0 aliphatic heterocycles. The van der Waals surface area contributed by atoms with Crippen molar-refractivity contribution >= 4 is 29.0 Å². The first-order valence-electron chi connectivity index (χ1n) is 6.14. The Labute approximate surface area is 123 Å². The van der Waals surface area contributed by atoms with Crippen LogP contribution in [0.1, 0.15) is 6.92 Å². The van der Waals surface area contributed by atoms with Gasteiger partial charge in [-0.25, -0.2) is 14.3 Å². The number of nitrogens with one attached hydrogen (secondary N) is 2. The number of carbonyl (C=O) groups is 1. The van der Waals surface area contributed by atoms with Crippen molar-refractivity contribution < 1.29 is 9.18 Å². The van der Waals surface area contributed by atoms with Gasteiger partial charge in [0.25, 0.3) is 0 Å². The predicted octanol–water partition coefficient (Wildman–Crippen LogP) is 1.04. The van der Waals surface area contributed by atoms with E-state index in [1.54, 1.807) is 6.92 Å². The van der Waals surface area contributed by atoms with Gasteiger partial charge in [-0.2, -0.15) is 0 Å². The minimum Gasteiger partial charge on any atom is -0.397 e. The van der Waals surface area contributed by atoms with Crippen molar-refractivity contribution in [3.8, 4) is 0 Å². The van der Waals surface area contributed by atoms with E-state index in [2.05, 4.69) is 15.5 Å². The molecule has 0 bridgehead atoms. The average molecular weight is 311 g/mol. The van der Waals surface area contributed by atoms with Crippen molar-refractivity contribution in [2.75, 3.05) is 16.8 Å². The third-order valence-corrected chi connectivity index (χ3v) is 3.64. The van der Waals surface area contributed by atoms with Crippen LogP contribution in [0.5, 0.6) is 0 Å². The summed E-state index contributed by atoms with van der Waals surface area (Å²) in [4.78, 5) is 23.2. The van der Waals surface area contributed by atoms with E-state index in [1.165, 1.54) is 16.7 Å². The molecule has 1 heterocycles. The number of anilines is 2. The van der Waals surface area contributed by atoms with E-state index in [-0.39, 0.29) is 23.0 Å². The Bertz CT molecular complexity index is 712. The van der Waals surface area contributed by atoms with Crippen LogP contribution in [0, 0.1) is 5.82 Å². The van der Waals surface area contributed by atoms with E-state index >= 15 is 0 Å². The Balaban J connectivity index is 1.97. The minimum absolute atomic E-state index is 0.0567. The molecule has 0 aliphatic rings. The molecule has 4 N–H and O–H groups in total. The number of thioether (sulfide) groups is 1. The van der Waals surface area contributed by atoms with Crippen LogP contribution in [0.15, 0.2) is 28.2 Å². The molecule has 0 aliphatic carbocycles. The van der Waals surface area contributed by atoms with Crippen LogP contribution in [0.3, 0.4) is 0 Å². The van der Waals surface area contributed by atoms with Crippen molar-refractivity contribution in [1.82, 2.24) is 14.8 Å². The highest BCUT2D eigenvalue weighted by molar-refractivity contribution is 7.99. The number of aromatic amines is 1. The monoisotopic (exact) mass is 311 g/mol. The summed E-state index contributed by atoms with van der Waals surface area (Å²) in [5.74, 6) is -0.735. The molecule has 2 aromatic rings. The standard InChI is InChI=1S/C12H14FN5O2S/c1-2-18-11(20)16-17-12(18)21-6-10(19)15-9-4-3-7(13)5-8(9)14/h3-5H,2,6,14H2,1H3,(H,15,19)(H,16,20). The molecule has 1 aromatic carbocycles. The molecule has 0 atom stereocenters. The number of aromatic nitrogens is 3. The fraction of sp³-hybridized carbons (Fsp3) is 0.250. The van der Waals surface area contributed by atoms with Gasteiger partial charge < -0.3 is 11.1 Å². The Kier molecular flexibility index (Phi) is 4.63. The summed E-state index contributed by atoms with van der Waals surface area (Å²) in [5, 5.41) is 9.16. The normalized spacial score (nSPS) is 10.6. The third-order valence-electron chi connectivity index (χ3n) is 2.66. The number of benzene rings is 1. The maximum atomic E-state index is 12.9. The number of amides is 1. The van der Waals surface area contributed by atoms with Crippen LogP contribution >= 0.6 is 11.8 Å². The number of H-pyrrole nitrogens is 1. The molecule has 9 heteroatoms. The van der Waals surface area contributed by atoms with Gasteiger partial charge in [-0.15, -0.1) is 5.10 Å². The molecule has 21 heavy (non-hydrogen) atoms. The van der Waals surface area contributed by atoms with Crippen molar-refractivity contribution in [3.05, 3.63) is 34.5 Å². The largest absolute Gasteiger partial charge is 0.397 e. The van der Waals surface area contributed by atoms with Crippen LogP contribution in [0.25, 0.3) is 0 Å². The van der Waals surface area contributed by atoms with Gasteiger partial charge in [0.15, 0.2) is 5.16 Å². The molecule has 0 spiro atoms. The number of nitrogens with two attached hydrogens (primary N) is 1. The van der Waals surface area contributed by atoms with Gasteiger partial charge in [0.1, 0.15) is 5.82 Å². The van der Waals surface area contributed by atoms with Crippen LogP contribution in [0.2, 0.25) is 0 Å². The van der Waals surface area contributed by atoms with Crippen LogP contribution in [-0.4, -0.2) is 26.4 Å². The molecule has 1 aromatic heterocycles. The number of hydrogen-bond acceptors (Lipinski definition) is 5. The second-order valence-corrected chi connectivity index (χ2v) is 5.07. The Hall–Kier alpha value is -2.29. The lowest BCUT2D eigenvalue weighted by molar-refractivity contribution is -0.113. The van der Waals surface area contributed by atoms with Gasteiger partial charge in [-0.3, -0.25) is 9.36 Å². The van der Waals surface area contributed by atoms with E-state index < -0.39 is 5.82 Å². The van der Waals surface area contributed by atoms with Gasteiger partial charge in [0.05, 0.1) is 17.1 Å². The summed E-state index contributed by atoms with van der Waals surface area (Å²) in [6, 6.07) is 3.73. The fourth-order valence-electron chi connectivity index (χ4n) is 1.66. The van der Waals surface area contributed by atoms with Crippen molar-refractivity contribution in [1.29, 1.82) is 0 Å². The molecular weight excluding hydrogens is 297 g/mol. The SMILES string of the molecule is CCn1c(SCC(=O)Nc2ccc(F)cc2N)n[nH]c1=O. The summed E-state index contributed by atoms with van der Waals surface area (Å²) in [7, 11) is 0. The number of hydrogen-bond donors (Lipinski definition) is 3. The van der Waals surface area contributed by atoms with E-state index in [4.69, 9.17) is 5.73 Å². The molecule has 1 amide bonds. The van der Waals surface area contributed by atoms with Crippen LogP contribution < -0.4 is 16.7 Å². The van der Waals surface area contributed by atoms with Gasteiger partial charge in [0.2, 0.25) is 5.91 Å². The summed E-state index contributed by atoms with van der Waals surface area (Å²) >= 11 is 1.12. The fourth-order valence-corrected chi connectivity index (χ4v) is 2.47. The van der Waals surface area contributed by atoms with Gasteiger partial charge >= 0.3 is 5.69 Å². The molecule has 0 saturated carbocycles. The van der Waals surface area contributed by atoms with Crippen molar-refractivity contribution in [3.63, 3.8) is 0 Å². The first-order chi connectivity index (χ1) is 10.0. The maximum absolute atomic E-state index is 12.9. The second kappa shape index (κ2) is 6.44. The quantitative estimate of drug-likeness (QED) is 0.565. The number of rotatable bonds is 5. The number of nitrogens with zero attached hydrogens (tertiary/aromatic N) is 2. The predicted molar refractivity (Wildman–Crippen MR) is 78.7 cm³/mol. The lowest BCUT2D eigenvalue weighted by Crippen LogP contribution is -2.18. The maximum Gasteiger partial charge on any atom is 0.343 e. The summed E-state index contributed by atoms with van der Waals surface area (Å²) in [5.41, 5.74) is 5.78. The average Bonchev–Trinajstić information content (AvgIpc) is 2.80. The number of carbonyl (C=O) groups excluding carboxylic acids is 1. The first kappa shape index (κ1) is 15.1. The van der Waals surface area contributed by atoms with E-state index in [1.807, 2.05) is 0 Å². The zero-order valence-corrected chi connectivity index (χ0v) is 12.0.